The van der Waals surface area contributed by atoms with E-state index in [4.69, 9.17) is 0 Å². The topological polar surface area (TPSA) is 73.7 Å². The summed E-state index contributed by atoms with van der Waals surface area (Å²) < 4.78 is 26.1. The maximum absolute atomic E-state index is 12.4. The number of nitrogens with zero attached hydrogens (tertiary/aromatic N) is 3. The number of β-amino-alcohol motifs (C(OH)–C–C–N with tert-alkyl or cyclic N) is 1. The fraction of sp³-hybridized carbons (Fsp3) is 0.583. The lowest BCUT2D eigenvalue weighted by Gasteiger charge is -2.26. The molecular weight excluding hydrogens is 266 g/mol. The number of hydrogen-bond donors (Lipinski definition) is 1. The fourth-order valence-corrected chi connectivity index (χ4v) is 3.88. The molecule has 0 aromatic carbocycles. The van der Waals surface area contributed by atoms with Gasteiger partial charge in [0.25, 0.3) is 0 Å². The first-order valence-corrected chi connectivity index (χ1v) is 7.55. The predicted octanol–water partition coefficient (Wildman–Crippen LogP) is -0.231. The second-order valence-electron chi connectivity index (χ2n) is 5.24. The van der Waals surface area contributed by atoms with E-state index < -0.39 is 15.6 Å². The Hall–Kier alpha value is -1.02. The van der Waals surface area contributed by atoms with Gasteiger partial charge in [-0.3, -0.25) is 4.98 Å². The second-order valence-corrected chi connectivity index (χ2v) is 7.18. The minimum absolute atomic E-state index is 0.127. The molecular formula is C12H19N3O3S. The van der Waals surface area contributed by atoms with E-state index in [1.807, 2.05) is 19.0 Å². The van der Waals surface area contributed by atoms with E-state index in [2.05, 4.69) is 4.98 Å². The molecule has 1 fully saturated rings. The van der Waals surface area contributed by atoms with Crippen LogP contribution in [0.5, 0.6) is 0 Å². The van der Waals surface area contributed by atoms with Gasteiger partial charge in [-0.25, -0.2) is 8.42 Å². The molecule has 1 aromatic heterocycles. The molecule has 0 spiro atoms. The minimum atomic E-state index is -3.55. The maximum Gasteiger partial charge on any atom is 0.244 e. The van der Waals surface area contributed by atoms with Gasteiger partial charge in [-0.2, -0.15) is 4.31 Å². The molecule has 2 rings (SSSR count). The summed E-state index contributed by atoms with van der Waals surface area (Å²) in [6, 6.07) is 3.11. The molecule has 2 heterocycles. The fourth-order valence-electron chi connectivity index (χ4n) is 2.39. The lowest BCUT2D eigenvalue weighted by atomic mass is 10.0. The molecule has 1 saturated heterocycles. The van der Waals surface area contributed by atoms with Crippen molar-refractivity contribution in [2.45, 2.75) is 16.9 Å². The first-order valence-electron chi connectivity index (χ1n) is 6.11. The van der Waals surface area contributed by atoms with Crippen molar-refractivity contribution in [2.24, 2.45) is 0 Å². The zero-order valence-electron chi connectivity index (χ0n) is 11.2. The van der Waals surface area contributed by atoms with Crippen LogP contribution in [0.1, 0.15) is 6.42 Å². The maximum atomic E-state index is 12.4. The Balaban J connectivity index is 2.17. The molecule has 1 aliphatic rings. The largest absolute Gasteiger partial charge is 0.387 e. The Morgan fingerprint density at radius 2 is 2.26 bits per heavy atom. The van der Waals surface area contributed by atoms with E-state index in [-0.39, 0.29) is 11.4 Å². The molecule has 0 amide bonds. The summed E-state index contributed by atoms with van der Waals surface area (Å²) in [5.41, 5.74) is -0.973. The lowest BCUT2D eigenvalue weighted by molar-refractivity contribution is 0.0302. The van der Waals surface area contributed by atoms with Gasteiger partial charge in [0.05, 0.1) is 5.60 Å². The van der Waals surface area contributed by atoms with Crippen LogP contribution in [0.4, 0.5) is 0 Å². The quantitative estimate of drug-likeness (QED) is 0.827. The van der Waals surface area contributed by atoms with E-state index >= 15 is 0 Å². The third-order valence-corrected chi connectivity index (χ3v) is 5.01. The van der Waals surface area contributed by atoms with E-state index in [1.54, 1.807) is 6.07 Å². The van der Waals surface area contributed by atoms with Crippen molar-refractivity contribution in [2.75, 3.05) is 33.7 Å². The van der Waals surface area contributed by atoms with Gasteiger partial charge in [-0.15, -0.1) is 0 Å². The molecule has 1 atom stereocenters. The van der Waals surface area contributed by atoms with Crippen molar-refractivity contribution in [3.63, 3.8) is 0 Å². The molecule has 0 saturated carbocycles. The Morgan fingerprint density at radius 1 is 1.53 bits per heavy atom. The van der Waals surface area contributed by atoms with Crippen LogP contribution in [0.25, 0.3) is 0 Å². The van der Waals surface area contributed by atoms with E-state index in [1.165, 1.54) is 22.8 Å². The highest BCUT2D eigenvalue weighted by Crippen LogP contribution is 2.27. The summed E-state index contributed by atoms with van der Waals surface area (Å²) in [4.78, 5) is 5.86. The molecule has 6 nitrogen and oxygen atoms in total. The highest BCUT2D eigenvalue weighted by molar-refractivity contribution is 7.89. The number of sulfonamides is 1. The summed E-state index contributed by atoms with van der Waals surface area (Å²) in [6.07, 6.45) is 3.31. The van der Waals surface area contributed by atoms with Crippen molar-refractivity contribution in [1.29, 1.82) is 0 Å². The summed E-state index contributed by atoms with van der Waals surface area (Å²) in [5, 5.41) is 10.4. The molecule has 0 radical (unpaired) electrons. The Bertz CT molecular complexity index is 532. The Labute approximate surface area is 113 Å². The molecule has 0 unspecified atom stereocenters. The monoisotopic (exact) mass is 285 g/mol. The average Bonchev–Trinajstić information content (AvgIpc) is 2.72. The molecule has 0 aliphatic carbocycles. The van der Waals surface area contributed by atoms with Crippen LogP contribution in [-0.4, -0.2) is 67.0 Å². The smallest absolute Gasteiger partial charge is 0.244 e. The van der Waals surface area contributed by atoms with Gasteiger partial charge < -0.3 is 10.0 Å². The van der Waals surface area contributed by atoms with Gasteiger partial charge in [0.2, 0.25) is 10.0 Å². The molecule has 1 aliphatic heterocycles. The summed E-state index contributed by atoms with van der Waals surface area (Å²) in [7, 11) is 0.162. The van der Waals surface area contributed by atoms with Crippen molar-refractivity contribution in [1.82, 2.24) is 14.2 Å². The average molecular weight is 285 g/mol. The third kappa shape index (κ3) is 3.11. The van der Waals surface area contributed by atoms with Gasteiger partial charge in [0, 0.05) is 32.0 Å². The van der Waals surface area contributed by atoms with E-state index in [0.717, 1.165) is 0 Å². The zero-order chi connectivity index (χ0) is 14.1. The van der Waals surface area contributed by atoms with Crippen LogP contribution in [0, 0.1) is 0 Å². The van der Waals surface area contributed by atoms with Crippen molar-refractivity contribution >= 4 is 10.0 Å². The third-order valence-electron chi connectivity index (χ3n) is 3.18. The number of hydrogen-bond acceptors (Lipinski definition) is 5. The predicted molar refractivity (Wildman–Crippen MR) is 71.1 cm³/mol. The number of aliphatic hydroxyl groups is 1. The number of rotatable bonds is 4. The summed E-state index contributed by atoms with van der Waals surface area (Å²) in [6.45, 7) is 0.913. The molecule has 1 aromatic rings. The standard InChI is InChI=1S/C12H19N3O3S/c1-14(2)9-12(16)5-7-15(10-12)19(17,18)11-4-3-6-13-8-11/h3-4,6,8,16H,5,7,9-10H2,1-2H3/t12-/m0/s1. The minimum Gasteiger partial charge on any atom is -0.387 e. The molecule has 1 N–H and O–H groups in total. The number of pyridine rings is 1. The lowest BCUT2D eigenvalue weighted by Crippen LogP contribution is -2.43. The Morgan fingerprint density at radius 3 is 2.84 bits per heavy atom. The van der Waals surface area contributed by atoms with Gasteiger partial charge >= 0.3 is 0 Å². The number of aromatic nitrogens is 1. The summed E-state index contributed by atoms with van der Waals surface area (Å²) >= 11 is 0. The van der Waals surface area contributed by atoms with Crippen LogP contribution < -0.4 is 0 Å². The van der Waals surface area contributed by atoms with Crippen LogP contribution >= 0.6 is 0 Å². The van der Waals surface area contributed by atoms with Crippen LogP contribution in [0.3, 0.4) is 0 Å². The zero-order valence-corrected chi connectivity index (χ0v) is 12.0. The normalized spacial score (nSPS) is 25.1. The van der Waals surface area contributed by atoms with Gasteiger partial charge in [-0.1, -0.05) is 0 Å². The van der Waals surface area contributed by atoms with Crippen molar-refractivity contribution in [3.8, 4) is 0 Å². The van der Waals surface area contributed by atoms with Gasteiger partial charge in [-0.05, 0) is 32.6 Å². The highest BCUT2D eigenvalue weighted by atomic mass is 32.2. The van der Waals surface area contributed by atoms with Crippen molar-refractivity contribution < 1.29 is 13.5 Å². The molecule has 106 valence electrons. The first-order chi connectivity index (χ1) is 8.83. The van der Waals surface area contributed by atoms with Crippen molar-refractivity contribution in [3.05, 3.63) is 24.5 Å². The number of likely N-dealkylation sites (N-methyl/N-ethyl adjacent to an activating group) is 1. The highest BCUT2D eigenvalue weighted by Gasteiger charge is 2.41. The van der Waals surface area contributed by atoms with Crippen LogP contribution in [0.2, 0.25) is 0 Å². The Kier molecular flexibility index (Phi) is 3.91. The SMILES string of the molecule is CN(C)C[C@@]1(O)CCN(S(=O)(=O)c2cccnc2)C1. The molecule has 7 heteroatoms. The van der Waals surface area contributed by atoms with E-state index in [9.17, 15) is 13.5 Å². The van der Waals surface area contributed by atoms with Crippen LogP contribution in [-0.2, 0) is 10.0 Å². The molecule has 0 bridgehead atoms. The van der Waals surface area contributed by atoms with Gasteiger partial charge in [0.15, 0.2) is 0 Å². The van der Waals surface area contributed by atoms with Gasteiger partial charge in [0.1, 0.15) is 4.90 Å². The second kappa shape index (κ2) is 5.16. The molecule has 19 heavy (non-hydrogen) atoms. The van der Waals surface area contributed by atoms with Crippen LogP contribution in [0.15, 0.2) is 29.4 Å². The summed E-state index contributed by atoms with van der Waals surface area (Å²) in [5.74, 6) is 0. The van der Waals surface area contributed by atoms with E-state index in [0.29, 0.717) is 19.5 Å². The first kappa shape index (κ1) is 14.4.